The summed E-state index contributed by atoms with van der Waals surface area (Å²) >= 11 is 0. The first-order valence-corrected chi connectivity index (χ1v) is 9.39. The molecule has 0 bridgehead atoms. The normalized spacial score (nSPS) is 29.2. The van der Waals surface area contributed by atoms with Gasteiger partial charge in [-0.05, 0) is 44.0 Å². The smallest absolute Gasteiger partial charge is 0.246 e. The molecule has 2 aromatic rings. The molecule has 1 aliphatic carbocycles. The maximum Gasteiger partial charge on any atom is 0.246 e. The van der Waals surface area contributed by atoms with E-state index in [9.17, 15) is 13.2 Å². The average molecular weight is 346 g/mol. The number of fused-ring (bicyclic) bond motifs is 1. The van der Waals surface area contributed by atoms with Crippen molar-refractivity contribution in [3.05, 3.63) is 36.0 Å². The lowest BCUT2D eigenvalue weighted by Crippen LogP contribution is -2.27. The molecule has 3 unspecified atom stereocenters. The molecule has 1 saturated heterocycles. The zero-order valence-electron chi connectivity index (χ0n) is 13.2. The maximum absolute atomic E-state index is 13.1. The molecule has 3 atom stereocenters. The van der Waals surface area contributed by atoms with Crippen molar-refractivity contribution in [2.24, 2.45) is 11.1 Å². The zero-order valence-corrected chi connectivity index (χ0v) is 14.0. The van der Waals surface area contributed by atoms with E-state index in [0.29, 0.717) is 28.6 Å². The first kappa shape index (κ1) is 15.5. The van der Waals surface area contributed by atoms with Gasteiger partial charge in [-0.25, -0.2) is 8.42 Å². The number of nitrogens with two attached hydrogens (primary N) is 1. The van der Waals surface area contributed by atoms with Gasteiger partial charge >= 0.3 is 0 Å². The number of ether oxygens (including phenoxy) is 1. The van der Waals surface area contributed by atoms with E-state index in [1.54, 1.807) is 18.2 Å². The molecule has 1 amide bonds. The summed E-state index contributed by atoms with van der Waals surface area (Å²) in [6, 6.07) is 8.77. The number of aromatic nitrogens is 1. The van der Waals surface area contributed by atoms with Crippen LogP contribution in [0.4, 0.5) is 0 Å². The van der Waals surface area contributed by atoms with E-state index in [1.807, 2.05) is 19.1 Å². The van der Waals surface area contributed by atoms with E-state index in [0.717, 1.165) is 5.69 Å². The van der Waals surface area contributed by atoms with Crippen LogP contribution in [0.25, 0.3) is 10.9 Å². The van der Waals surface area contributed by atoms with Crippen LogP contribution in [0.15, 0.2) is 35.2 Å². The SMILES string of the molecule is Cc1ccc2c(S(=O)(=O)C3CC34COC(C(N)=O)C4)cccc2n1. The second-order valence-electron chi connectivity index (χ2n) is 6.78. The molecule has 2 heterocycles. The van der Waals surface area contributed by atoms with Crippen LogP contribution in [0.2, 0.25) is 0 Å². The third-order valence-corrected chi connectivity index (χ3v) is 7.49. The number of amides is 1. The molecule has 2 fully saturated rings. The summed E-state index contributed by atoms with van der Waals surface area (Å²) in [6.07, 6.45) is 0.213. The minimum Gasteiger partial charge on any atom is -0.368 e. The Morgan fingerprint density at radius 1 is 1.29 bits per heavy atom. The predicted octanol–water partition coefficient (Wildman–Crippen LogP) is 1.35. The molecule has 1 aliphatic heterocycles. The van der Waals surface area contributed by atoms with Gasteiger partial charge in [-0.15, -0.1) is 0 Å². The molecule has 1 aromatic carbocycles. The monoisotopic (exact) mass is 346 g/mol. The van der Waals surface area contributed by atoms with Crippen LogP contribution in [0.5, 0.6) is 0 Å². The molecule has 2 aliphatic rings. The minimum atomic E-state index is -3.52. The average Bonchev–Trinajstić information content (AvgIpc) is 3.07. The fourth-order valence-corrected chi connectivity index (χ4v) is 6.11. The Balaban J connectivity index is 1.72. The molecule has 1 saturated carbocycles. The van der Waals surface area contributed by atoms with Crippen molar-refractivity contribution < 1.29 is 17.9 Å². The molecule has 24 heavy (non-hydrogen) atoms. The summed E-state index contributed by atoms with van der Waals surface area (Å²) in [7, 11) is -3.52. The molecule has 2 N–H and O–H groups in total. The first-order valence-electron chi connectivity index (χ1n) is 7.85. The number of rotatable bonds is 3. The van der Waals surface area contributed by atoms with Crippen LogP contribution in [-0.4, -0.2) is 37.3 Å². The molecule has 4 rings (SSSR count). The minimum absolute atomic E-state index is 0.270. The Hall–Kier alpha value is -1.99. The Morgan fingerprint density at radius 2 is 2.08 bits per heavy atom. The largest absolute Gasteiger partial charge is 0.368 e. The number of carbonyl (C=O) groups is 1. The highest BCUT2D eigenvalue weighted by molar-refractivity contribution is 7.92. The Bertz CT molecular complexity index is 956. The Labute approximate surface area is 139 Å². The van der Waals surface area contributed by atoms with Crippen molar-refractivity contribution in [1.29, 1.82) is 0 Å². The van der Waals surface area contributed by atoms with E-state index in [1.165, 1.54) is 0 Å². The van der Waals surface area contributed by atoms with Crippen molar-refractivity contribution >= 4 is 26.6 Å². The van der Waals surface area contributed by atoms with E-state index in [4.69, 9.17) is 10.5 Å². The van der Waals surface area contributed by atoms with Gasteiger partial charge in [0.15, 0.2) is 9.84 Å². The number of primary amides is 1. The summed E-state index contributed by atoms with van der Waals surface area (Å²) < 4.78 is 31.7. The maximum atomic E-state index is 13.1. The van der Waals surface area contributed by atoms with E-state index >= 15 is 0 Å². The Kier molecular flexibility index (Phi) is 3.24. The second kappa shape index (κ2) is 5.00. The second-order valence-corrected chi connectivity index (χ2v) is 8.88. The van der Waals surface area contributed by atoms with Crippen LogP contribution in [0.1, 0.15) is 18.5 Å². The molecule has 6 nitrogen and oxygen atoms in total. The topological polar surface area (TPSA) is 99.4 Å². The molecular formula is C17H18N2O4S. The van der Waals surface area contributed by atoms with E-state index < -0.39 is 32.5 Å². The number of pyridine rings is 1. The lowest BCUT2D eigenvalue weighted by Gasteiger charge is -2.11. The van der Waals surface area contributed by atoms with Crippen LogP contribution in [-0.2, 0) is 19.4 Å². The highest BCUT2D eigenvalue weighted by Gasteiger charge is 2.65. The lowest BCUT2D eigenvalue weighted by atomic mass is 10.0. The lowest BCUT2D eigenvalue weighted by molar-refractivity contribution is -0.126. The van der Waals surface area contributed by atoms with Crippen molar-refractivity contribution in [2.45, 2.75) is 36.0 Å². The van der Waals surface area contributed by atoms with E-state index in [2.05, 4.69) is 4.98 Å². The summed E-state index contributed by atoms with van der Waals surface area (Å²) in [6.45, 7) is 2.14. The van der Waals surface area contributed by atoms with Gasteiger partial charge in [0, 0.05) is 16.5 Å². The number of nitrogens with zero attached hydrogens (tertiary/aromatic N) is 1. The standard InChI is InChI=1S/C17H18N2O4S/c1-10-5-6-11-12(19-10)3-2-4-14(11)24(21,22)15-8-17(15)7-13(16(18)20)23-9-17/h2-6,13,15H,7-9H2,1H3,(H2,18,20). The third kappa shape index (κ3) is 2.22. The number of sulfone groups is 1. The van der Waals surface area contributed by atoms with Crippen LogP contribution in [0.3, 0.4) is 0 Å². The van der Waals surface area contributed by atoms with Gasteiger partial charge in [0.1, 0.15) is 6.10 Å². The highest BCUT2D eigenvalue weighted by Crippen LogP contribution is 2.59. The van der Waals surface area contributed by atoms with Gasteiger partial charge in [-0.2, -0.15) is 0 Å². The van der Waals surface area contributed by atoms with E-state index in [-0.39, 0.29) is 6.61 Å². The van der Waals surface area contributed by atoms with Gasteiger partial charge in [-0.1, -0.05) is 6.07 Å². The zero-order chi connectivity index (χ0) is 17.1. The first-order chi connectivity index (χ1) is 11.3. The number of aryl methyl sites for hydroxylation is 1. The molecular weight excluding hydrogens is 328 g/mol. The number of carbonyl (C=O) groups excluding carboxylic acids is 1. The number of hydrogen-bond acceptors (Lipinski definition) is 5. The summed E-state index contributed by atoms with van der Waals surface area (Å²) in [5, 5.41) is 0.108. The molecule has 126 valence electrons. The third-order valence-electron chi connectivity index (χ3n) is 5.11. The van der Waals surface area contributed by atoms with Crippen molar-refractivity contribution in [2.75, 3.05) is 6.61 Å². The Morgan fingerprint density at radius 3 is 2.79 bits per heavy atom. The number of hydrogen-bond donors (Lipinski definition) is 1. The van der Waals surface area contributed by atoms with Gasteiger partial charge < -0.3 is 10.5 Å². The quantitative estimate of drug-likeness (QED) is 0.904. The van der Waals surface area contributed by atoms with Gasteiger partial charge in [-0.3, -0.25) is 9.78 Å². The summed E-state index contributed by atoms with van der Waals surface area (Å²) in [5.74, 6) is -0.528. The van der Waals surface area contributed by atoms with Gasteiger partial charge in [0.25, 0.3) is 0 Å². The van der Waals surface area contributed by atoms with Crippen LogP contribution >= 0.6 is 0 Å². The van der Waals surface area contributed by atoms with Crippen molar-refractivity contribution in [1.82, 2.24) is 4.98 Å². The predicted molar refractivity (Wildman–Crippen MR) is 88.1 cm³/mol. The molecule has 7 heteroatoms. The van der Waals surface area contributed by atoms with Crippen LogP contribution in [0, 0.1) is 12.3 Å². The fraction of sp³-hybridized carbons (Fsp3) is 0.412. The summed E-state index contributed by atoms with van der Waals surface area (Å²) in [5.41, 5.74) is 6.32. The molecule has 1 spiro atoms. The van der Waals surface area contributed by atoms with Gasteiger partial charge in [0.05, 0.1) is 22.3 Å². The van der Waals surface area contributed by atoms with Gasteiger partial charge in [0.2, 0.25) is 5.91 Å². The number of benzene rings is 1. The fourth-order valence-electron chi connectivity index (χ4n) is 3.68. The van der Waals surface area contributed by atoms with Crippen molar-refractivity contribution in [3.8, 4) is 0 Å². The van der Waals surface area contributed by atoms with Crippen molar-refractivity contribution in [3.63, 3.8) is 0 Å². The molecule has 0 radical (unpaired) electrons. The highest BCUT2D eigenvalue weighted by atomic mass is 32.2. The summed E-state index contributed by atoms with van der Waals surface area (Å²) in [4.78, 5) is 16.0. The van der Waals surface area contributed by atoms with Crippen LogP contribution < -0.4 is 5.73 Å². The molecule has 1 aromatic heterocycles.